The molecule has 1 heterocycles. The highest BCUT2D eigenvalue weighted by molar-refractivity contribution is 5.95. The molecule has 1 saturated heterocycles. The van der Waals surface area contributed by atoms with Crippen LogP contribution < -0.4 is 15.4 Å². The summed E-state index contributed by atoms with van der Waals surface area (Å²) in [6.45, 7) is 7.15. The third kappa shape index (κ3) is 6.86. The number of nitrogens with zero attached hydrogens (tertiary/aromatic N) is 2. The van der Waals surface area contributed by atoms with Crippen molar-refractivity contribution < 1.29 is 14.3 Å². The van der Waals surface area contributed by atoms with Gasteiger partial charge in [0, 0.05) is 33.1 Å². The Kier molecular flexibility index (Phi) is 9.40. The van der Waals surface area contributed by atoms with E-state index in [9.17, 15) is 9.59 Å². The molecule has 2 aromatic carbocycles. The number of carbonyl (C=O) groups is 2. The van der Waals surface area contributed by atoms with Crippen molar-refractivity contribution >= 4 is 18.2 Å². The summed E-state index contributed by atoms with van der Waals surface area (Å²) >= 11 is 0. The molecule has 0 spiro atoms. The van der Waals surface area contributed by atoms with Crippen LogP contribution in [0.1, 0.15) is 50.7 Å². The van der Waals surface area contributed by atoms with E-state index in [4.69, 9.17) is 10.1 Å². The Morgan fingerprint density at radius 1 is 1.13 bits per heavy atom. The van der Waals surface area contributed by atoms with Gasteiger partial charge in [-0.1, -0.05) is 24.3 Å². The van der Waals surface area contributed by atoms with Crippen LogP contribution in [0.25, 0.3) is 11.1 Å². The number of hydrogen-bond acceptors (Lipinski definition) is 6. The summed E-state index contributed by atoms with van der Waals surface area (Å²) in [5.74, 6) is 1.77. The Morgan fingerprint density at radius 2 is 1.87 bits per heavy atom. The molecule has 0 radical (unpaired) electrons. The van der Waals surface area contributed by atoms with Crippen molar-refractivity contribution in [2.45, 2.75) is 51.6 Å². The zero-order valence-corrected chi connectivity index (χ0v) is 23.8. The summed E-state index contributed by atoms with van der Waals surface area (Å²) in [4.78, 5) is 29.0. The van der Waals surface area contributed by atoms with Crippen LogP contribution in [0.4, 0.5) is 0 Å². The van der Waals surface area contributed by atoms with E-state index >= 15 is 0 Å². The van der Waals surface area contributed by atoms with Gasteiger partial charge in [0.05, 0.1) is 13.4 Å². The van der Waals surface area contributed by atoms with Gasteiger partial charge in [-0.15, -0.1) is 0 Å². The second kappa shape index (κ2) is 12.7. The Bertz CT molecular complexity index is 1170. The Hall–Kier alpha value is -3.23. The first-order chi connectivity index (χ1) is 18.8. The lowest BCUT2D eigenvalue weighted by Crippen LogP contribution is -2.53. The number of hydrogen-bond donors (Lipinski definition) is 3. The van der Waals surface area contributed by atoms with Crippen molar-refractivity contribution in [3.05, 3.63) is 53.6 Å². The minimum absolute atomic E-state index is 0.0916. The molecule has 4 rings (SSSR count). The van der Waals surface area contributed by atoms with E-state index in [2.05, 4.69) is 34.9 Å². The number of likely N-dealkylation sites (N-methyl/N-ethyl adjacent to an activating group) is 1. The molecule has 0 aromatic heterocycles. The third-order valence-electron chi connectivity index (χ3n) is 8.37. The first-order valence-corrected chi connectivity index (χ1v) is 14.0. The molecule has 1 atom stereocenters. The lowest BCUT2D eigenvalue weighted by molar-refractivity contribution is -0.135. The van der Waals surface area contributed by atoms with E-state index in [1.54, 1.807) is 21.1 Å². The number of amides is 2. The van der Waals surface area contributed by atoms with Crippen molar-refractivity contribution in [1.29, 1.82) is 5.41 Å². The number of likely N-dealkylation sites (tertiary alicyclic amines) is 1. The van der Waals surface area contributed by atoms with Crippen LogP contribution in [-0.4, -0.2) is 68.3 Å². The highest BCUT2D eigenvalue weighted by Crippen LogP contribution is 2.33. The van der Waals surface area contributed by atoms with E-state index in [0.29, 0.717) is 19.6 Å². The van der Waals surface area contributed by atoms with Gasteiger partial charge < -0.3 is 25.2 Å². The molecule has 2 aliphatic rings. The fraction of sp³-hybridized carbons (Fsp3) is 0.516. The van der Waals surface area contributed by atoms with Crippen molar-refractivity contribution in [3.63, 3.8) is 0 Å². The summed E-state index contributed by atoms with van der Waals surface area (Å²) in [5.41, 5.74) is 3.10. The molecule has 1 aliphatic carbocycles. The molecule has 210 valence electrons. The number of methoxy groups -OCH3 is 1. The molecule has 8 nitrogen and oxygen atoms in total. The number of benzene rings is 2. The minimum atomic E-state index is -1.02. The van der Waals surface area contributed by atoms with Crippen LogP contribution in [0.5, 0.6) is 5.75 Å². The summed E-state index contributed by atoms with van der Waals surface area (Å²) in [5, 5.41) is 14.9. The molecule has 0 bridgehead atoms. The number of nitrogens with one attached hydrogen (secondary N) is 3. The molecule has 1 unspecified atom stereocenters. The van der Waals surface area contributed by atoms with E-state index in [-0.39, 0.29) is 17.7 Å². The first kappa shape index (κ1) is 28.8. The fourth-order valence-corrected chi connectivity index (χ4v) is 5.40. The number of rotatable bonds is 12. The van der Waals surface area contributed by atoms with Gasteiger partial charge in [0.25, 0.3) is 5.91 Å². The van der Waals surface area contributed by atoms with Gasteiger partial charge in [-0.3, -0.25) is 15.0 Å². The molecule has 3 N–H and O–H groups in total. The lowest BCUT2D eigenvalue weighted by Gasteiger charge is -2.37. The average molecular weight is 534 g/mol. The summed E-state index contributed by atoms with van der Waals surface area (Å²) in [7, 11) is 3.46. The molecule has 8 heteroatoms. The van der Waals surface area contributed by atoms with Gasteiger partial charge >= 0.3 is 0 Å². The van der Waals surface area contributed by atoms with Gasteiger partial charge in [-0.05, 0) is 98.5 Å². The van der Waals surface area contributed by atoms with Crippen molar-refractivity contribution in [2.75, 3.05) is 40.3 Å². The van der Waals surface area contributed by atoms with Gasteiger partial charge in [0.2, 0.25) is 5.91 Å². The Morgan fingerprint density at radius 3 is 2.49 bits per heavy atom. The largest absolute Gasteiger partial charge is 0.497 e. The van der Waals surface area contributed by atoms with E-state index in [1.807, 2.05) is 30.0 Å². The van der Waals surface area contributed by atoms with E-state index < -0.39 is 5.54 Å². The number of ether oxygens (including phenoxy) is 1. The molecule has 2 amide bonds. The normalized spacial score (nSPS) is 17.4. The molecule has 1 aliphatic heterocycles. The van der Waals surface area contributed by atoms with Crippen LogP contribution in [0.3, 0.4) is 0 Å². The number of carbonyl (C=O) groups excluding carboxylic acids is 2. The predicted octanol–water partition coefficient (Wildman–Crippen LogP) is 3.99. The standard InChI is InChI=1S/C31H43N5O3/c1-22(37)35-14-12-24(13-15-35)20-36(21-32)30(38)31(2,33-3)27-7-5-6-25(16-27)29-17-28(39-4)11-10-26(29)19-34-18-23-8-9-23/h5-7,10-11,16-17,21,23-24,32-34H,8-9,12-15,18-20H2,1-4H3. The van der Waals surface area contributed by atoms with Gasteiger partial charge in [0.1, 0.15) is 11.3 Å². The minimum Gasteiger partial charge on any atom is -0.497 e. The highest BCUT2D eigenvalue weighted by atomic mass is 16.5. The zero-order valence-electron chi connectivity index (χ0n) is 23.8. The van der Waals surface area contributed by atoms with Crippen LogP contribution in [0, 0.1) is 17.2 Å². The zero-order chi connectivity index (χ0) is 28.0. The Labute approximate surface area is 232 Å². The number of piperidine rings is 1. The second-order valence-corrected chi connectivity index (χ2v) is 11.1. The van der Waals surface area contributed by atoms with Crippen LogP contribution >= 0.6 is 0 Å². The summed E-state index contributed by atoms with van der Waals surface area (Å²) < 4.78 is 5.54. The maximum atomic E-state index is 13.9. The molecule has 39 heavy (non-hydrogen) atoms. The smallest absolute Gasteiger partial charge is 0.252 e. The van der Waals surface area contributed by atoms with Gasteiger partial charge in [0.15, 0.2) is 0 Å². The third-order valence-corrected chi connectivity index (χ3v) is 8.37. The van der Waals surface area contributed by atoms with E-state index in [0.717, 1.165) is 60.6 Å². The maximum Gasteiger partial charge on any atom is 0.252 e. The average Bonchev–Trinajstić information content (AvgIpc) is 3.80. The van der Waals surface area contributed by atoms with Crippen LogP contribution in [0.15, 0.2) is 42.5 Å². The van der Waals surface area contributed by atoms with Crippen LogP contribution in [-0.2, 0) is 21.7 Å². The fourth-order valence-electron chi connectivity index (χ4n) is 5.40. The van der Waals surface area contributed by atoms with Crippen molar-refractivity contribution in [2.24, 2.45) is 11.8 Å². The molecule has 1 saturated carbocycles. The monoisotopic (exact) mass is 533 g/mol. The van der Waals surface area contributed by atoms with Crippen molar-refractivity contribution in [1.82, 2.24) is 20.4 Å². The summed E-state index contributed by atoms with van der Waals surface area (Å²) in [6.07, 6.45) is 5.43. The SMILES string of the molecule is CNC(C)(C(=O)N(C=N)CC1CCN(C(C)=O)CC1)c1cccc(-c2cc(OC)ccc2CNCC2CC2)c1. The predicted molar refractivity (Wildman–Crippen MR) is 155 cm³/mol. The Balaban J connectivity index is 1.55. The van der Waals surface area contributed by atoms with E-state index in [1.165, 1.54) is 23.3 Å². The van der Waals surface area contributed by atoms with Gasteiger partial charge in [-0.2, -0.15) is 0 Å². The molecule has 2 aromatic rings. The van der Waals surface area contributed by atoms with Crippen LogP contribution in [0.2, 0.25) is 0 Å². The molecule has 2 fully saturated rings. The summed E-state index contributed by atoms with van der Waals surface area (Å²) in [6, 6.07) is 14.3. The quantitative estimate of drug-likeness (QED) is 0.283. The van der Waals surface area contributed by atoms with Crippen molar-refractivity contribution in [3.8, 4) is 16.9 Å². The molecular weight excluding hydrogens is 490 g/mol. The lowest BCUT2D eigenvalue weighted by atomic mass is 9.87. The van der Waals surface area contributed by atoms with Gasteiger partial charge in [-0.25, -0.2) is 0 Å². The first-order valence-electron chi connectivity index (χ1n) is 14.0. The topological polar surface area (TPSA) is 97.8 Å². The molecular formula is C31H43N5O3. The maximum absolute atomic E-state index is 13.9. The second-order valence-electron chi connectivity index (χ2n) is 11.1. The highest BCUT2D eigenvalue weighted by Gasteiger charge is 2.38.